The molecule has 1 aromatic heterocycles. The monoisotopic (exact) mass is 197 g/mol. The Balaban J connectivity index is 2.26. The summed E-state index contributed by atoms with van der Waals surface area (Å²) in [5, 5.41) is 8.47. The zero-order valence-electron chi connectivity index (χ0n) is 7.46. The first kappa shape index (κ1) is 10.4. The van der Waals surface area contributed by atoms with Crippen molar-refractivity contribution in [2.75, 3.05) is 6.61 Å². The van der Waals surface area contributed by atoms with E-state index in [1.54, 1.807) is 0 Å². The summed E-state index contributed by atoms with van der Waals surface area (Å²) in [5.41, 5.74) is 5.27. The molecule has 3 N–H and O–H groups in total. The molecule has 0 spiro atoms. The predicted molar refractivity (Wildman–Crippen MR) is 47.8 cm³/mol. The third-order valence-corrected chi connectivity index (χ3v) is 1.54. The van der Waals surface area contributed by atoms with Gasteiger partial charge in [-0.25, -0.2) is 4.98 Å². The summed E-state index contributed by atoms with van der Waals surface area (Å²) in [7, 11) is 0. The van der Waals surface area contributed by atoms with Crippen molar-refractivity contribution in [1.82, 2.24) is 9.97 Å². The lowest BCUT2D eigenvalue weighted by Crippen LogP contribution is -2.31. The number of carbonyl (C=O) groups is 1. The second-order valence-corrected chi connectivity index (χ2v) is 2.63. The number of aliphatic carboxylic acids is 1. The van der Waals surface area contributed by atoms with Crippen LogP contribution in [0.1, 0.15) is 6.42 Å². The fraction of sp³-hybridized carbons (Fsp3) is 0.375. The molecular formula is C8H11N3O3. The molecule has 0 aliphatic rings. The molecule has 0 unspecified atom stereocenters. The van der Waals surface area contributed by atoms with Crippen LogP contribution in [-0.2, 0) is 4.79 Å². The van der Waals surface area contributed by atoms with Gasteiger partial charge in [0.15, 0.2) is 0 Å². The van der Waals surface area contributed by atoms with Gasteiger partial charge in [0.25, 0.3) is 0 Å². The molecule has 6 heteroatoms. The Labute approximate surface area is 80.7 Å². The molecule has 1 atom stereocenters. The first-order valence-corrected chi connectivity index (χ1v) is 4.07. The van der Waals surface area contributed by atoms with Crippen LogP contribution in [0.3, 0.4) is 0 Å². The highest BCUT2D eigenvalue weighted by atomic mass is 16.5. The van der Waals surface area contributed by atoms with Crippen LogP contribution in [-0.4, -0.2) is 33.7 Å². The highest BCUT2D eigenvalue weighted by Crippen LogP contribution is 2.01. The summed E-state index contributed by atoms with van der Waals surface area (Å²) < 4.78 is 5.11. The Hall–Kier alpha value is -1.69. The summed E-state index contributed by atoms with van der Waals surface area (Å²) >= 11 is 0. The van der Waals surface area contributed by atoms with Gasteiger partial charge in [-0.3, -0.25) is 9.78 Å². The maximum Gasteiger partial charge on any atom is 0.320 e. The molecule has 0 aliphatic heterocycles. The molecule has 0 aromatic carbocycles. The van der Waals surface area contributed by atoms with Crippen LogP contribution in [0.5, 0.6) is 5.88 Å². The standard InChI is InChI=1S/C8H11N3O3/c9-6(8(12)13)1-4-14-7-5-10-2-3-11-7/h2-3,5-6H,1,4,9H2,(H,12,13)/t6-/m0/s1. The number of nitrogens with two attached hydrogens (primary N) is 1. The normalized spacial score (nSPS) is 12.1. The molecule has 0 radical (unpaired) electrons. The van der Waals surface area contributed by atoms with E-state index in [0.29, 0.717) is 5.88 Å². The number of hydrogen-bond donors (Lipinski definition) is 2. The van der Waals surface area contributed by atoms with E-state index < -0.39 is 12.0 Å². The molecule has 0 fully saturated rings. The number of carboxylic acids is 1. The fourth-order valence-corrected chi connectivity index (χ4v) is 0.774. The number of nitrogens with zero attached hydrogens (tertiary/aromatic N) is 2. The zero-order chi connectivity index (χ0) is 10.4. The maximum atomic E-state index is 10.3. The van der Waals surface area contributed by atoms with Crippen molar-refractivity contribution in [2.45, 2.75) is 12.5 Å². The average Bonchev–Trinajstić information content (AvgIpc) is 2.19. The molecule has 0 saturated carbocycles. The quantitative estimate of drug-likeness (QED) is 0.669. The van der Waals surface area contributed by atoms with Crippen molar-refractivity contribution < 1.29 is 14.6 Å². The molecule has 6 nitrogen and oxygen atoms in total. The van der Waals surface area contributed by atoms with Crippen molar-refractivity contribution in [3.63, 3.8) is 0 Å². The SMILES string of the molecule is N[C@@H](CCOc1cnccn1)C(=O)O. The van der Waals surface area contributed by atoms with E-state index in [1.165, 1.54) is 18.6 Å². The first-order chi connectivity index (χ1) is 6.70. The van der Waals surface area contributed by atoms with Crippen molar-refractivity contribution in [3.8, 4) is 5.88 Å². The number of ether oxygens (including phenoxy) is 1. The molecule has 76 valence electrons. The van der Waals surface area contributed by atoms with Crippen molar-refractivity contribution in [1.29, 1.82) is 0 Å². The van der Waals surface area contributed by atoms with Crippen LogP contribution in [0.15, 0.2) is 18.6 Å². The van der Waals surface area contributed by atoms with Gasteiger partial charge in [-0.15, -0.1) is 0 Å². The lowest BCUT2D eigenvalue weighted by Gasteiger charge is -2.06. The van der Waals surface area contributed by atoms with Gasteiger partial charge in [0.1, 0.15) is 6.04 Å². The van der Waals surface area contributed by atoms with Gasteiger partial charge in [0.05, 0.1) is 12.8 Å². The molecule has 14 heavy (non-hydrogen) atoms. The van der Waals surface area contributed by atoms with E-state index in [1.807, 2.05) is 0 Å². The summed E-state index contributed by atoms with van der Waals surface area (Å²) in [4.78, 5) is 18.0. The molecule has 1 heterocycles. The second kappa shape index (κ2) is 5.13. The zero-order valence-corrected chi connectivity index (χ0v) is 7.46. The minimum atomic E-state index is -1.03. The number of hydrogen-bond acceptors (Lipinski definition) is 5. The largest absolute Gasteiger partial charge is 0.480 e. The molecule has 0 amide bonds. The third kappa shape index (κ3) is 3.36. The maximum absolute atomic E-state index is 10.3. The summed E-state index contributed by atoms with van der Waals surface area (Å²) in [6.45, 7) is 0.214. The van der Waals surface area contributed by atoms with Crippen molar-refractivity contribution in [2.24, 2.45) is 5.73 Å². The van der Waals surface area contributed by atoms with E-state index in [2.05, 4.69) is 9.97 Å². The Kier molecular flexibility index (Phi) is 3.81. The lowest BCUT2D eigenvalue weighted by molar-refractivity contribution is -0.138. The van der Waals surface area contributed by atoms with Crippen LogP contribution < -0.4 is 10.5 Å². The summed E-state index contributed by atoms with van der Waals surface area (Å²) in [6, 6.07) is -0.897. The van der Waals surface area contributed by atoms with E-state index in [-0.39, 0.29) is 13.0 Å². The van der Waals surface area contributed by atoms with Gasteiger partial charge in [-0.05, 0) is 0 Å². The lowest BCUT2D eigenvalue weighted by atomic mass is 10.2. The highest BCUT2D eigenvalue weighted by molar-refractivity contribution is 5.72. The minimum absolute atomic E-state index is 0.214. The van der Waals surface area contributed by atoms with Gasteiger partial charge in [-0.1, -0.05) is 0 Å². The van der Waals surface area contributed by atoms with E-state index >= 15 is 0 Å². The predicted octanol–water partition coefficient (Wildman–Crippen LogP) is -0.343. The van der Waals surface area contributed by atoms with Gasteiger partial charge >= 0.3 is 5.97 Å². The molecule has 1 rings (SSSR count). The Morgan fingerprint density at radius 3 is 3.00 bits per heavy atom. The van der Waals surface area contributed by atoms with Gasteiger partial charge in [-0.2, -0.15) is 0 Å². The minimum Gasteiger partial charge on any atom is -0.480 e. The molecule has 0 saturated heterocycles. The fourth-order valence-electron chi connectivity index (χ4n) is 0.774. The number of aromatic nitrogens is 2. The molecular weight excluding hydrogens is 186 g/mol. The van der Waals surface area contributed by atoms with Crippen molar-refractivity contribution in [3.05, 3.63) is 18.6 Å². The Morgan fingerprint density at radius 2 is 2.43 bits per heavy atom. The first-order valence-electron chi connectivity index (χ1n) is 4.07. The van der Waals surface area contributed by atoms with Gasteiger partial charge in [0, 0.05) is 18.8 Å². The van der Waals surface area contributed by atoms with Gasteiger partial charge in [0.2, 0.25) is 5.88 Å². The smallest absolute Gasteiger partial charge is 0.320 e. The molecule has 0 bridgehead atoms. The van der Waals surface area contributed by atoms with Crippen LogP contribution in [0.25, 0.3) is 0 Å². The molecule has 0 aliphatic carbocycles. The highest BCUT2D eigenvalue weighted by Gasteiger charge is 2.10. The van der Waals surface area contributed by atoms with Crippen LogP contribution in [0.4, 0.5) is 0 Å². The van der Waals surface area contributed by atoms with Gasteiger partial charge < -0.3 is 15.6 Å². The van der Waals surface area contributed by atoms with Crippen LogP contribution in [0, 0.1) is 0 Å². The summed E-state index contributed by atoms with van der Waals surface area (Å²) in [5.74, 6) is -0.669. The third-order valence-electron chi connectivity index (χ3n) is 1.54. The molecule has 1 aromatic rings. The number of rotatable bonds is 5. The Bertz CT molecular complexity index is 291. The number of carboxylic acid groups (broad SMARTS) is 1. The topological polar surface area (TPSA) is 98.3 Å². The summed E-state index contributed by atoms with van der Waals surface area (Å²) in [6.07, 6.45) is 4.71. The average molecular weight is 197 g/mol. The second-order valence-electron chi connectivity index (χ2n) is 2.63. The Morgan fingerprint density at radius 1 is 1.64 bits per heavy atom. The van der Waals surface area contributed by atoms with E-state index in [0.717, 1.165) is 0 Å². The van der Waals surface area contributed by atoms with Crippen LogP contribution in [0.2, 0.25) is 0 Å². The van der Waals surface area contributed by atoms with Crippen LogP contribution >= 0.6 is 0 Å². The van der Waals surface area contributed by atoms with E-state index in [9.17, 15) is 4.79 Å². The van der Waals surface area contributed by atoms with E-state index in [4.69, 9.17) is 15.6 Å². The van der Waals surface area contributed by atoms with Crippen molar-refractivity contribution >= 4 is 5.97 Å².